The Kier molecular flexibility index (Phi) is 6.16. The maximum absolute atomic E-state index is 12.0. The van der Waals surface area contributed by atoms with Crippen LogP contribution in [0.1, 0.15) is 27.2 Å². The molecule has 0 bridgehead atoms. The quantitative estimate of drug-likeness (QED) is 0.452. The summed E-state index contributed by atoms with van der Waals surface area (Å²) < 4.78 is 11.1. The SMILES string of the molecule is Cc1cccc(Cl)c1COc1ccc(/C=N\NC(=O)c2ccccc2Cl)o1. The Hall–Kier alpha value is -2.76. The van der Waals surface area contributed by atoms with E-state index in [0.29, 0.717) is 33.9 Å². The molecule has 1 N–H and O–H groups in total. The first-order valence-corrected chi connectivity index (χ1v) is 8.85. The number of rotatable bonds is 6. The normalized spacial score (nSPS) is 10.9. The number of hydrogen-bond donors (Lipinski definition) is 1. The molecule has 2 aromatic carbocycles. The molecule has 0 unspecified atom stereocenters. The number of benzene rings is 2. The van der Waals surface area contributed by atoms with E-state index < -0.39 is 5.91 Å². The lowest BCUT2D eigenvalue weighted by molar-refractivity contribution is 0.0955. The van der Waals surface area contributed by atoms with Crippen LogP contribution in [-0.4, -0.2) is 12.1 Å². The van der Waals surface area contributed by atoms with Crippen LogP contribution < -0.4 is 10.2 Å². The molecular weight excluding hydrogens is 387 g/mol. The van der Waals surface area contributed by atoms with Crippen LogP contribution >= 0.6 is 23.2 Å². The second kappa shape index (κ2) is 8.75. The summed E-state index contributed by atoms with van der Waals surface area (Å²) in [4.78, 5) is 12.0. The van der Waals surface area contributed by atoms with Gasteiger partial charge in [-0.3, -0.25) is 4.79 Å². The first kappa shape index (κ1) is 19.0. The summed E-state index contributed by atoms with van der Waals surface area (Å²) in [6.07, 6.45) is 1.38. The van der Waals surface area contributed by atoms with Gasteiger partial charge in [0.25, 0.3) is 11.9 Å². The Morgan fingerprint density at radius 3 is 2.67 bits per heavy atom. The van der Waals surface area contributed by atoms with Gasteiger partial charge in [-0.15, -0.1) is 0 Å². The molecule has 0 fully saturated rings. The van der Waals surface area contributed by atoms with Crippen LogP contribution in [0.5, 0.6) is 5.95 Å². The largest absolute Gasteiger partial charge is 0.460 e. The van der Waals surface area contributed by atoms with Crippen molar-refractivity contribution in [3.05, 3.63) is 87.1 Å². The topological polar surface area (TPSA) is 63.8 Å². The summed E-state index contributed by atoms with van der Waals surface area (Å²) in [5.41, 5.74) is 4.68. The zero-order chi connectivity index (χ0) is 19.2. The van der Waals surface area contributed by atoms with Crippen molar-refractivity contribution in [3.63, 3.8) is 0 Å². The zero-order valence-corrected chi connectivity index (χ0v) is 15.9. The zero-order valence-electron chi connectivity index (χ0n) is 14.4. The number of ether oxygens (including phenoxy) is 1. The van der Waals surface area contributed by atoms with E-state index in [0.717, 1.165) is 11.1 Å². The third-order valence-corrected chi connectivity index (χ3v) is 4.47. The van der Waals surface area contributed by atoms with Crippen molar-refractivity contribution >= 4 is 35.3 Å². The highest BCUT2D eigenvalue weighted by atomic mass is 35.5. The molecule has 1 heterocycles. The maximum Gasteiger partial charge on any atom is 0.285 e. The van der Waals surface area contributed by atoms with Crippen molar-refractivity contribution in [2.45, 2.75) is 13.5 Å². The monoisotopic (exact) mass is 402 g/mol. The van der Waals surface area contributed by atoms with Gasteiger partial charge >= 0.3 is 0 Å². The number of nitrogens with zero attached hydrogens (tertiary/aromatic N) is 1. The number of carbonyl (C=O) groups excluding carboxylic acids is 1. The van der Waals surface area contributed by atoms with E-state index in [9.17, 15) is 4.79 Å². The molecule has 0 saturated heterocycles. The summed E-state index contributed by atoms with van der Waals surface area (Å²) in [5, 5.41) is 4.86. The average Bonchev–Trinajstić information content (AvgIpc) is 3.09. The lowest BCUT2D eigenvalue weighted by atomic mass is 10.1. The molecule has 3 aromatic rings. The van der Waals surface area contributed by atoms with Crippen molar-refractivity contribution in [1.29, 1.82) is 0 Å². The summed E-state index contributed by atoms with van der Waals surface area (Å²) >= 11 is 12.1. The average molecular weight is 403 g/mol. The highest BCUT2D eigenvalue weighted by Gasteiger charge is 2.09. The fourth-order valence-electron chi connectivity index (χ4n) is 2.33. The van der Waals surface area contributed by atoms with Gasteiger partial charge in [-0.25, -0.2) is 5.43 Å². The van der Waals surface area contributed by atoms with E-state index in [-0.39, 0.29) is 0 Å². The fraction of sp³-hybridized carbons (Fsp3) is 0.100. The van der Waals surface area contributed by atoms with E-state index in [1.807, 2.05) is 25.1 Å². The lowest BCUT2D eigenvalue weighted by Crippen LogP contribution is -2.17. The molecule has 0 aliphatic carbocycles. The minimum atomic E-state index is -0.408. The van der Waals surface area contributed by atoms with Crippen LogP contribution in [0.2, 0.25) is 10.0 Å². The van der Waals surface area contributed by atoms with E-state index >= 15 is 0 Å². The predicted octanol–water partition coefficient (Wildman–Crippen LogP) is 5.24. The summed E-state index contributed by atoms with van der Waals surface area (Å²) in [5.74, 6) is 0.350. The standard InChI is InChI=1S/C20H16Cl2N2O3/c1-13-5-4-8-18(22)16(13)12-26-19-10-9-14(27-19)11-23-24-20(25)15-6-2-3-7-17(15)21/h2-11H,12H2,1H3,(H,24,25)/b23-11-. The Labute approximate surface area is 166 Å². The van der Waals surface area contributed by atoms with Gasteiger partial charge < -0.3 is 9.15 Å². The third kappa shape index (κ3) is 4.90. The Morgan fingerprint density at radius 2 is 1.89 bits per heavy atom. The third-order valence-electron chi connectivity index (χ3n) is 3.79. The number of nitrogens with one attached hydrogen (secondary N) is 1. The molecule has 0 spiro atoms. The molecule has 0 saturated carbocycles. The van der Waals surface area contributed by atoms with Gasteiger partial charge in [0, 0.05) is 16.7 Å². The van der Waals surface area contributed by atoms with Crippen LogP contribution in [-0.2, 0) is 6.61 Å². The fourth-order valence-corrected chi connectivity index (χ4v) is 2.83. The number of hydrogen-bond acceptors (Lipinski definition) is 4. The van der Waals surface area contributed by atoms with E-state index in [2.05, 4.69) is 10.5 Å². The predicted molar refractivity (Wildman–Crippen MR) is 106 cm³/mol. The maximum atomic E-state index is 12.0. The molecule has 138 valence electrons. The van der Waals surface area contributed by atoms with Crippen LogP contribution in [0.4, 0.5) is 0 Å². The molecule has 0 aliphatic rings. The highest BCUT2D eigenvalue weighted by Crippen LogP contribution is 2.23. The Morgan fingerprint density at radius 1 is 1.11 bits per heavy atom. The van der Waals surface area contributed by atoms with Crippen LogP contribution in [0.3, 0.4) is 0 Å². The Balaban J connectivity index is 1.57. The minimum absolute atomic E-state index is 0.291. The summed E-state index contributed by atoms with van der Waals surface area (Å²) in [6, 6.07) is 15.7. The first-order chi connectivity index (χ1) is 13.0. The van der Waals surface area contributed by atoms with Gasteiger partial charge in [0.1, 0.15) is 6.61 Å². The van der Waals surface area contributed by atoms with Crippen molar-refractivity contribution in [3.8, 4) is 5.95 Å². The smallest absolute Gasteiger partial charge is 0.285 e. The molecule has 5 nitrogen and oxygen atoms in total. The number of hydrazone groups is 1. The van der Waals surface area contributed by atoms with Crippen molar-refractivity contribution in [1.82, 2.24) is 5.43 Å². The van der Waals surface area contributed by atoms with Crippen molar-refractivity contribution in [2.24, 2.45) is 5.10 Å². The van der Waals surface area contributed by atoms with Gasteiger partial charge in [0.05, 0.1) is 16.8 Å². The van der Waals surface area contributed by atoms with E-state index in [1.54, 1.807) is 36.4 Å². The summed E-state index contributed by atoms with van der Waals surface area (Å²) in [6.45, 7) is 2.26. The number of furan rings is 1. The van der Waals surface area contributed by atoms with Gasteiger partial charge in [-0.1, -0.05) is 47.5 Å². The van der Waals surface area contributed by atoms with Crippen molar-refractivity contribution in [2.75, 3.05) is 0 Å². The van der Waals surface area contributed by atoms with Gasteiger partial charge in [0.2, 0.25) is 0 Å². The minimum Gasteiger partial charge on any atom is -0.460 e. The number of aryl methyl sites for hydroxylation is 1. The van der Waals surface area contributed by atoms with Crippen LogP contribution in [0.15, 0.2) is 64.1 Å². The number of halogens is 2. The Bertz CT molecular complexity index is 963. The molecule has 1 amide bonds. The van der Waals surface area contributed by atoms with Crippen molar-refractivity contribution < 1.29 is 13.9 Å². The van der Waals surface area contributed by atoms with Gasteiger partial charge in [-0.2, -0.15) is 5.10 Å². The molecule has 0 radical (unpaired) electrons. The first-order valence-electron chi connectivity index (χ1n) is 8.09. The molecule has 0 aliphatic heterocycles. The molecular formula is C20H16Cl2N2O3. The second-order valence-corrected chi connectivity index (χ2v) is 6.47. The van der Waals surface area contributed by atoms with Crippen LogP contribution in [0.25, 0.3) is 0 Å². The highest BCUT2D eigenvalue weighted by molar-refractivity contribution is 6.33. The molecule has 0 atom stereocenters. The van der Waals surface area contributed by atoms with E-state index in [1.165, 1.54) is 6.21 Å². The van der Waals surface area contributed by atoms with Gasteiger partial charge in [0.15, 0.2) is 5.76 Å². The summed E-state index contributed by atoms with van der Waals surface area (Å²) in [7, 11) is 0. The van der Waals surface area contributed by atoms with Crippen LogP contribution in [0, 0.1) is 6.92 Å². The second-order valence-electron chi connectivity index (χ2n) is 5.66. The molecule has 3 rings (SSSR count). The molecule has 7 heteroatoms. The molecule has 27 heavy (non-hydrogen) atoms. The van der Waals surface area contributed by atoms with Gasteiger partial charge in [-0.05, 0) is 36.8 Å². The molecule has 1 aromatic heterocycles. The number of carbonyl (C=O) groups is 1. The number of amides is 1. The lowest BCUT2D eigenvalue weighted by Gasteiger charge is -2.08. The van der Waals surface area contributed by atoms with E-state index in [4.69, 9.17) is 32.4 Å².